The van der Waals surface area contributed by atoms with Crippen molar-refractivity contribution in [3.63, 3.8) is 0 Å². The van der Waals surface area contributed by atoms with Gasteiger partial charge in [0.25, 0.3) is 0 Å². The van der Waals surface area contributed by atoms with Gasteiger partial charge in [-0.1, -0.05) is 11.6 Å². The number of carbonyl (C=O) groups is 1. The van der Waals surface area contributed by atoms with Crippen molar-refractivity contribution in [2.45, 2.75) is 20.8 Å². The number of carbonyl (C=O) groups excluding carboxylic acids is 1. The van der Waals surface area contributed by atoms with Crippen LogP contribution in [0.15, 0.2) is 24.3 Å². The third-order valence-corrected chi connectivity index (χ3v) is 1.97. The molecule has 0 saturated heterocycles. The molecule has 0 radical (unpaired) electrons. The second kappa shape index (κ2) is 4.53. The number of halogens is 1. The number of anilines is 1. The highest BCUT2D eigenvalue weighted by atomic mass is 35.5. The van der Waals surface area contributed by atoms with Gasteiger partial charge in [-0.05, 0) is 45.0 Å². The number of nitrogens with one attached hydrogen (secondary N) is 1. The molecule has 0 spiro atoms. The van der Waals surface area contributed by atoms with Crippen molar-refractivity contribution >= 4 is 23.3 Å². The lowest BCUT2D eigenvalue weighted by molar-refractivity contribution is -0.149. The van der Waals surface area contributed by atoms with Crippen molar-refractivity contribution < 1.29 is 9.63 Å². The fraction of sp³-hybridized carbons (Fsp3) is 0.364. The van der Waals surface area contributed by atoms with E-state index in [0.717, 1.165) is 0 Å². The minimum atomic E-state index is -0.514. The highest BCUT2D eigenvalue weighted by Crippen LogP contribution is 2.17. The Balaban J connectivity index is 2.51. The molecule has 0 fully saturated rings. The summed E-state index contributed by atoms with van der Waals surface area (Å²) in [6.07, 6.45) is 0. The van der Waals surface area contributed by atoms with Gasteiger partial charge >= 0.3 is 5.97 Å². The Hall–Kier alpha value is -1.22. The largest absolute Gasteiger partial charge is 0.343 e. The number of hydrogen-bond donors (Lipinski definition) is 1. The van der Waals surface area contributed by atoms with Crippen LogP contribution in [0.25, 0.3) is 0 Å². The van der Waals surface area contributed by atoms with E-state index in [4.69, 9.17) is 16.4 Å². The van der Waals surface area contributed by atoms with E-state index in [-0.39, 0.29) is 5.97 Å². The zero-order chi connectivity index (χ0) is 11.5. The molecule has 0 aromatic heterocycles. The Bertz CT molecular complexity index is 341. The number of rotatable bonds is 2. The van der Waals surface area contributed by atoms with Crippen LogP contribution in [0, 0.1) is 5.41 Å². The van der Waals surface area contributed by atoms with Crippen molar-refractivity contribution in [3.8, 4) is 0 Å². The summed E-state index contributed by atoms with van der Waals surface area (Å²) in [6.45, 7) is 5.37. The second-order valence-corrected chi connectivity index (χ2v) is 4.68. The van der Waals surface area contributed by atoms with Crippen LogP contribution in [0.5, 0.6) is 0 Å². The van der Waals surface area contributed by atoms with Crippen molar-refractivity contribution in [1.82, 2.24) is 0 Å². The molecule has 0 unspecified atom stereocenters. The maximum absolute atomic E-state index is 11.4. The molecule has 0 amide bonds. The van der Waals surface area contributed by atoms with Crippen LogP contribution in [-0.4, -0.2) is 5.97 Å². The van der Waals surface area contributed by atoms with Crippen LogP contribution in [0.2, 0.25) is 5.02 Å². The van der Waals surface area contributed by atoms with Gasteiger partial charge in [0.15, 0.2) is 0 Å². The topological polar surface area (TPSA) is 38.3 Å². The van der Waals surface area contributed by atoms with Crippen LogP contribution in [0.1, 0.15) is 20.8 Å². The predicted octanol–water partition coefficient (Wildman–Crippen LogP) is 3.26. The quantitative estimate of drug-likeness (QED) is 0.789. The van der Waals surface area contributed by atoms with E-state index in [1.54, 1.807) is 45.0 Å². The Morgan fingerprint density at radius 2 is 1.80 bits per heavy atom. The van der Waals surface area contributed by atoms with Crippen molar-refractivity contribution in [2.75, 3.05) is 5.48 Å². The molecule has 0 saturated carbocycles. The molecule has 0 aliphatic rings. The van der Waals surface area contributed by atoms with Crippen LogP contribution in [0.3, 0.4) is 0 Å². The van der Waals surface area contributed by atoms with E-state index >= 15 is 0 Å². The van der Waals surface area contributed by atoms with E-state index in [2.05, 4.69) is 5.48 Å². The lowest BCUT2D eigenvalue weighted by Crippen LogP contribution is -2.25. The second-order valence-electron chi connectivity index (χ2n) is 4.25. The lowest BCUT2D eigenvalue weighted by Gasteiger charge is -2.16. The zero-order valence-electron chi connectivity index (χ0n) is 9.00. The summed E-state index contributed by atoms with van der Waals surface area (Å²) >= 11 is 5.71. The molecule has 4 heteroatoms. The molecule has 0 bridgehead atoms. The standard InChI is InChI=1S/C11H14ClNO2/c1-11(2,3)10(14)15-13-9-6-4-8(12)5-7-9/h4-7,13H,1-3H3. The molecular formula is C11H14ClNO2. The predicted molar refractivity (Wildman–Crippen MR) is 60.6 cm³/mol. The molecule has 0 atom stereocenters. The fourth-order valence-electron chi connectivity index (χ4n) is 0.776. The molecule has 1 N–H and O–H groups in total. The average Bonchev–Trinajstić information content (AvgIpc) is 2.15. The third kappa shape index (κ3) is 3.80. The Labute approximate surface area is 94.3 Å². The number of benzene rings is 1. The third-order valence-electron chi connectivity index (χ3n) is 1.72. The van der Waals surface area contributed by atoms with Gasteiger partial charge in [0, 0.05) is 5.02 Å². The first kappa shape index (κ1) is 11.9. The maximum Gasteiger partial charge on any atom is 0.337 e. The molecule has 1 aromatic carbocycles. The van der Waals surface area contributed by atoms with Gasteiger partial charge in [-0.3, -0.25) is 0 Å². The van der Waals surface area contributed by atoms with Gasteiger partial charge in [-0.15, -0.1) is 0 Å². The monoisotopic (exact) mass is 227 g/mol. The fourth-order valence-corrected chi connectivity index (χ4v) is 0.902. The summed E-state index contributed by atoms with van der Waals surface area (Å²) in [5.41, 5.74) is 2.75. The van der Waals surface area contributed by atoms with Crippen molar-refractivity contribution in [1.29, 1.82) is 0 Å². The summed E-state index contributed by atoms with van der Waals surface area (Å²) in [6, 6.07) is 6.90. The zero-order valence-corrected chi connectivity index (χ0v) is 9.76. The van der Waals surface area contributed by atoms with Crippen LogP contribution >= 0.6 is 11.6 Å². The van der Waals surface area contributed by atoms with E-state index in [0.29, 0.717) is 10.7 Å². The van der Waals surface area contributed by atoms with Crippen molar-refractivity contribution in [3.05, 3.63) is 29.3 Å². The first-order chi connectivity index (χ1) is 6.89. The molecule has 3 nitrogen and oxygen atoms in total. The van der Waals surface area contributed by atoms with Crippen LogP contribution < -0.4 is 5.48 Å². The first-order valence-corrected chi connectivity index (χ1v) is 5.00. The minimum absolute atomic E-state index is 0.308. The van der Waals surface area contributed by atoms with Gasteiger partial charge in [0.1, 0.15) is 0 Å². The van der Waals surface area contributed by atoms with E-state index < -0.39 is 5.41 Å². The molecule has 1 aromatic rings. The van der Waals surface area contributed by atoms with Gasteiger partial charge in [-0.25, -0.2) is 10.3 Å². The molecular weight excluding hydrogens is 214 g/mol. The normalized spacial score (nSPS) is 10.9. The molecule has 0 aliphatic heterocycles. The highest BCUT2D eigenvalue weighted by Gasteiger charge is 2.23. The van der Waals surface area contributed by atoms with Crippen LogP contribution in [-0.2, 0) is 9.63 Å². The van der Waals surface area contributed by atoms with Crippen LogP contribution in [0.4, 0.5) is 5.69 Å². The summed E-state index contributed by atoms with van der Waals surface area (Å²) in [5, 5.41) is 0.641. The minimum Gasteiger partial charge on any atom is -0.343 e. The SMILES string of the molecule is CC(C)(C)C(=O)ONc1ccc(Cl)cc1. The Morgan fingerprint density at radius 1 is 1.27 bits per heavy atom. The Kier molecular flexibility index (Phi) is 3.58. The smallest absolute Gasteiger partial charge is 0.337 e. The summed E-state index contributed by atoms with van der Waals surface area (Å²) in [5.74, 6) is -0.308. The molecule has 0 aliphatic carbocycles. The highest BCUT2D eigenvalue weighted by molar-refractivity contribution is 6.30. The molecule has 0 heterocycles. The number of hydrogen-bond acceptors (Lipinski definition) is 3. The lowest BCUT2D eigenvalue weighted by atomic mass is 9.98. The van der Waals surface area contributed by atoms with Gasteiger partial charge in [0.2, 0.25) is 0 Å². The molecule has 15 heavy (non-hydrogen) atoms. The summed E-state index contributed by atoms with van der Waals surface area (Å²) in [7, 11) is 0. The Morgan fingerprint density at radius 3 is 2.27 bits per heavy atom. The first-order valence-electron chi connectivity index (χ1n) is 4.62. The average molecular weight is 228 g/mol. The van der Waals surface area contributed by atoms with Gasteiger partial charge in [0.05, 0.1) is 11.1 Å². The van der Waals surface area contributed by atoms with Crippen molar-refractivity contribution in [2.24, 2.45) is 5.41 Å². The summed E-state index contributed by atoms with van der Waals surface area (Å²) < 4.78 is 0. The van der Waals surface area contributed by atoms with E-state index in [1.807, 2.05) is 0 Å². The molecule has 82 valence electrons. The van der Waals surface area contributed by atoms with Gasteiger partial charge in [-0.2, -0.15) is 0 Å². The maximum atomic E-state index is 11.4. The van der Waals surface area contributed by atoms with E-state index in [9.17, 15) is 4.79 Å². The summed E-state index contributed by atoms with van der Waals surface area (Å²) in [4.78, 5) is 16.3. The van der Waals surface area contributed by atoms with Gasteiger partial charge < -0.3 is 4.84 Å². The van der Waals surface area contributed by atoms with E-state index in [1.165, 1.54) is 0 Å². The molecule has 1 rings (SSSR count).